The quantitative estimate of drug-likeness (QED) is 0.851. The first-order valence-corrected chi connectivity index (χ1v) is 7.94. The Morgan fingerprint density at radius 1 is 1.45 bits per heavy atom. The van der Waals surface area contributed by atoms with Gasteiger partial charge in [0.2, 0.25) is 0 Å². The fourth-order valence-electron chi connectivity index (χ4n) is 2.70. The van der Waals surface area contributed by atoms with Crippen LogP contribution in [-0.4, -0.2) is 54.5 Å². The van der Waals surface area contributed by atoms with Gasteiger partial charge < -0.3 is 4.90 Å². The van der Waals surface area contributed by atoms with Gasteiger partial charge >= 0.3 is 0 Å². The number of halogens is 1. The minimum Gasteiger partial charge on any atom is -0.304 e. The van der Waals surface area contributed by atoms with Crippen LogP contribution in [0.3, 0.4) is 0 Å². The Balaban J connectivity index is 2.10. The molecule has 0 spiro atoms. The van der Waals surface area contributed by atoms with Gasteiger partial charge in [-0.25, -0.2) is 4.39 Å². The first-order chi connectivity index (χ1) is 9.55. The molecule has 1 heterocycles. The molecule has 0 radical (unpaired) electrons. The van der Waals surface area contributed by atoms with E-state index < -0.39 is 0 Å². The second kappa shape index (κ2) is 6.57. The van der Waals surface area contributed by atoms with Gasteiger partial charge in [-0.05, 0) is 38.6 Å². The van der Waals surface area contributed by atoms with Crippen LogP contribution < -0.4 is 0 Å². The molecule has 1 fully saturated rings. The van der Waals surface area contributed by atoms with Gasteiger partial charge in [-0.2, -0.15) is 17.0 Å². The molecule has 20 heavy (non-hydrogen) atoms. The number of likely N-dealkylation sites (tertiary alicyclic amines) is 1. The molecule has 2 atom stereocenters. The molecule has 0 bridgehead atoms. The van der Waals surface area contributed by atoms with Crippen LogP contribution >= 0.6 is 11.8 Å². The number of nitrogens with zero attached hydrogens (tertiary/aromatic N) is 3. The third-order valence-corrected chi connectivity index (χ3v) is 4.92. The summed E-state index contributed by atoms with van der Waals surface area (Å²) >= 11 is 1.87. The highest BCUT2D eigenvalue weighted by atomic mass is 32.2. The molecule has 1 aromatic carbocycles. The maximum Gasteiger partial charge on any atom is 0.127 e. The van der Waals surface area contributed by atoms with E-state index in [0.717, 1.165) is 13.1 Å². The first-order valence-electron chi connectivity index (χ1n) is 6.65. The molecule has 2 unspecified atom stereocenters. The third kappa shape index (κ3) is 3.32. The lowest BCUT2D eigenvalue weighted by Gasteiger charge is -2.23. The normalized spacial score (nSPS) is 23.2. The predicted molar refractivity (Wildman–Crippen MR) is 81.2 cm³/mol. The van der Waals surface area contributed by atoms with Crippen molar-refractivity contribution in [3.63, 3.8) is 0 Å². The van der Waals surface area contributed by atoms with Crippen molar-refractivity contribution in [3.05, 3.63) is 35.1 Å². The number of benzene rings is 1. The Hall–Kier alpha value is -1.09. The van der Waals surface area contributed by atoms with Crippen molar-refractivity contribution in [3.8, 4) is 6.07 Å². The number of likely N-dealkylation sites (N-methyl/N-ethyl adjacent to an activating group) is 1. The molecule has 108 valence electrons. The van der Waals surface area contributed by atoms with Crippen molar-refractivity contribution in [1.82, 2.24) is 9.80 Å². The highest BCUT2D eigenvalue weighted by molar-refractivity contribution is 7.99. The molecule has 1 aliphatic heterocycles. The average Bonchev–Trinajstić information content (AvgIpc) is 2.84. The molecule has 5 heteroatoms. The maximum absolute atomic E-state index is 13.8. The van der Waals surface area contributed by atoms with Crippen molar-refractivity contribution in [2.45, 2.75) is 17.8 Å². The fraction of sp³-hybridized carbons (Fsp3) is 0.533. The molecular weight excluding hydrogens is 273 g/mol. The summed E-state index contributed by atoms with van der Waals surface area (Å²) in [6, 6.07) is 7.13. The lowest BCUT2D eigenvalue weighted by atomic mass is 10.1. The Morgan fingerprint density at radius 3 is 2.75 bits per heavy atom. The monoisotopic (exact) mass is 293 g/mol. The lowest BCUT2D eigenvalue weighted by Crippen LogP contribution is -2.36. The van der Waals surface area contributed by atoms with Crippen LogP contribution in [0.5, 0.6) is 0 Å². The van der Waals surface area contributed by atoms with Crippen LogP contribution in [0.2, 0.25) is 0 Å². The molecular formula is C15H20FN3S. The summed E-state index contributed by atoms with van der Waals surface area (Å²) in [5, 5.41) is 9.46. The second-order valence-corrected chi connectivity index (χ2v) is 6.49. The zero-order valence-electron chi connectivity index (χ0n) is 12.1. The molecule has 0 amide bonds. The molecule has 2 rings (SSSR count). The predicted octanol–water partition coefficient (Wildman–Crippen LogP) is 2.17. The highest BCUT2D eigenvalue weighted by Gasteiger charge is 2.33. The molecule has 0 aliphatic carbocycles. The van der Waals surface area contributed by atoms with Crippen molar-refractivity contribution < 1.29 is 4.39 Å². The SMILES string of the molecule is CSC1CN(Cc2cc(C#N)ccc2F)CC1N(C)C. The van der Waals surface area contributed by atoms with E-state index in [9.17, 15) is 4.39 Å². The van der Waals surface area contributed by atoms with Gasteiger partial charge in [-0.15, -0.1) is 0 Å². The van der Waals surface area contributed by atoms with E-state index >= 15 is 0 Å². The zero-order valence-corrected chi connectivity index (χ0v) is 13.0. The van der Waals surface area contributed by atoms with Crippen LogP contribution in [-0.2, 0) is 6.54 Å². The number of thioether (sulfide) groups is 1. The van der Waals surface area contributed by atoms with Gasteiger partial charge in [0, 0.05) is 36.5 Å². The van der Waals surface area contributed by atoms with Crippen LogP contribution in [0.4, 0.5) is 4.39 Å². The number of nitriles is 1. The topological polar surface area (TPSA) is 30.3 Å². The van der Waals surface area contributed by atoms with Crippen LogP contribution in [0.1, 0.15) is 11.1 Å². The summed E-state index contributed by atoms with van der Waals surface area (Å²) < 4.78 is 13.8. The summed E-state index contributed by atoms with van der Waals surface area (Å²) in [4.78, 5) is 4.51. The van der Waals surface area contributed by atoms with Gasteiger partial charge in [-0.3, -0.25) is 4.90 Å². The number of rotatable bonds is 4. The number of hydrogen-bond acceptors (Lipinski definition) is 4. The van der Waals surface area contributed by atoms with E-state index in [1.165, 1.54) is 12.1 Å². The molecule has 1 aromatic rings. The molecule has 1 saturated heterocycles. The minimum atomic E-state index is -0.224. The van der Waals surface area contributed by atoms with Gasteiger partial charge in [0.1, 0.15) is 5.82 Å². The zero-order chi connectivity index (χ0) is 14.7. The van der Waals surface area contributed by atoms with E-state index in [2.05, 4.69) is 36.2 Å². The Morgan fingerprint density at radius 2 is 2.20 bits per heavy atom. The van der Waals surface area contributed by atoms with Gasteiger partial charge in [0.25, 0.3) is 0 Å². The minimum absolute atomic E-state index is 0.224. The summed E-state index contributed by atoms with van der Waals surface area (Å²) in [5.74, 6) is -0.224. The largest absolute Gasteiger partial charge is 0.304 e. The molecule has 0 N–H and O–H groups in total. The van der Waals surface area contributed by atoms with Crippen molar-refractivity contribution in [1.29, 1.82) is 5.26 Å². The third-order valence-electron chi connectivity index (χ3n) is 3.85. The highest BCUT2D eigenvalue weighted by Crippen LogP contribution is 2.26. The van der Waals surface area contributed by atoms with E-state index in [1.807, 2.05) is 11.8 Å². The standard InChI is InChI=1S/C15H20FN3S/c1-18(2)14-9-19(10-15(14)20-3)8-12-6-11(7-17)4-5-13(12)16/h4-6,14-15H,8-10H2,1-3H3. The maximum atomic E-state index is 13.8. The van der Waals surface area contributed by atoms with Gasteiger partial charge in [0.15, 0.2) is 0 Å². The fourth-order valence-corrected chi connectivity index (χ4v) is 3.70. The molecule has 3 nitrogen and oxygen atoms in total. The lowest BCUT2D eigenvalue weighted by molar-refractivity contribution is 0.263. The second-order valence-electron chi connectivity index (χ2n) is 5.42. The van der Waals surface area contributed by atoms with Crippen molar-refractivity contribution in [2.75, 3.05) is 33.4 Å². The Kier molecular flexibility index (Phi) is 5.03. The van der Waals surface area contributed by atoms with E-state index in [-0.39, 0.29) is 5.82 Å². The molecule has 0 saturated carbocycles. The Labute approximate surface area is 124 Å². The van der Waals surface area contributed by atoms with Crippen molar-refractivity contribution in [2.24, 2.45) is 0 Å². The Bertz CT molecular complexity index is 512. The van der Waals surface area contributed by atoms with Crippen LogP contribution in [0.25, 0.3) is 0 Å². The smallest absolute Gasteiger partial charge is 0.127 e. The van der Waals surface area contributed by atoms with E-state index in [1.54, 1.807) is 6.07 Å². The summed E-state index contributed by atoms with van der Waals surface area (Å²) in [7, 11) is 4.18. The summed E-state index contributed by atoms with van der Waals surface area (Å²) in [5.41, 5.74) is 1.13. The first kappa shape index (κ1) is 15.3. The van der Waals surface area contributed by atoms with Crippen molar-refractivity contribution >= 4 is 11.8 Å². The van der Waals surface area contributed by atoms with Crippen LogP contribution in [0, 0.1) is 17.1 Å². The van der Waals surface area contributed by atoms with E-state index in [4.69, 9.17) is 5.26 Å². The van der Waals surface area contributed by atoms with E-state index in [0.29, 0.717) is 29.0 Å². The number of hydrogen-bond donors (Lipinski definition) is 0. The van der Waals surface area contributed by atoms with Gasteiger partial charge in [-0.1, -0.05) is 0 Å². The molecule has 0 aromatic heterocycles. The summed E-state index contributed by atoms with van der Waals surface area (Å²) in [6.45, 7) is 2.47. The summed E-state index contributed by atoms with van der Waals surface area (Å²) in [6.07, 6.45) is 2.13. The van der Waals surface area contributed by atoms with Crippen LogP contribution in [0.15, 0.2) is 18.2 Å². The molecule has 1 aliphatic rings. The average molecular weight is 293 g/mol. The van der Waals surface area contributed by atoms with Gasteiger partial charge in [0.05, 0.1) is 11.6 Å².